The average molecular weight is 180 g/mol. The van der Waals surface area contributed by atoms with Crippen molar-refractivity contribution in [2.45, 2.75) is 32.6 Å². The fraction of sp³-hybridized carbons (Fsp3) is 0.500. The molecule has 0 unspecified atom stereocenters. The summed E-state index contributed by atoms with van der Waals surface area (Å²) in [7, 11) is 0. The lowest BCUT2D eigenvalue weighted by atomic mass is 10.2. The smallest absolute Gasteiger partial charge is 0.0433 e. The van der Waals surface area contributed by atoms with Gasteiger partial charge < -0.3 is 5.11 Å². The highest BCUT2D eigenvalue weighted by Crippen LogP contribution is 1.94. The second kappa shape index (κ2) is 11.2. The van der Waals surface area contributed by atoms with Crippen LogP contribution < -0.4 is 0 Å². The monoisotopic (exact) mass is 180 g/mol. The van der Waals surface area contributed by atoms with Gasteiger partial charge in [-0.3, -0.25) is 0 Å². The maximum absolute atomic E-state index is 8.51. The Morgan fingerprint density at radius 2 is 1.54 bits per heavy atom. The Labute approximate surface area is 81.5 Å². The Morgan fingerprint density at radius 3 is 2.15 bits per heavy atom. The molecule has 0 aromatic heterocycles. The van der Waals surface area contributed by atoms with Crippen molar-refractivity contribution in [2.75, 3.05) is 6.61 Å². The number of hydrogen-bond acceptors (Lipinski definition) is 1. The zero-order valence-corrected chi connectivity index (χ0v) is 8.45. The molecule has 0 saturated heterocycles. The summed E-state index contributed by atoms with van der Waals surface area (Å²) in [4.78, 5) is 0. The molecular formula is C12H20O. The minimum Gasteiger partial charge on any atom is -0.396 e. The van der Waals surface area contributed by atoms with Crippen LogP contribution in [0.15, 0.2) is 36.5 Å². The van der Waals surface area contributed by atoms with Gasteiger partial charge in [0.2, 0.25) is 0 Å². The van der Waals surface area contributed by atoms with Crippen LogP contribution in [0.2, 0.25) is 0 Å². The van der Waals surface area contributed by atoms with Crippen molar-refractivity contribution in [1.29, 1.82) is 0 Å². The maximum atomic E-state index is 8.51. The van der Waals surface area contributed by atoms with E-state index >= 15 is 0 Å². The van der Waals surface area contributed by atoms with Gasteiger partial charge in [-0.15, -0.1) is 0 Å². The van der Waals surface area contributed by atoms with E-state index in [0.29, 0.717) is 6.61 Å². The molecule has 13 heavy (non-hydrogen) atoms. The quantitative estimate of drug-likeness (QED) is 0.471. The molecule has 0 aromatic carbocycles. The molecule has 74 valence electrons. The van der Waals surface area contributed by atoms with Crippen LogP contribution >= 0.6 is 0 Å². The van der Waals surface area contributed by atoms with Gasteiger partial charge in [0.1, 0.15) is 0 Å². The summed E-state index contributed by atoms with van der Waals surface area (Å²) in [5, 5.41) is 8.51. The predicted molar refractivity (Wildman–Crippen MR) is 58.6 cm³/mol. The van der Waals surface area contributed by atoms with Crippen LogP contribution in [-0.4, -0.2) is 11.7 Å². The summed E-state index contributed by atoms with van der Waals surface area (Å²) in [6.45, 7) is 2.32. The van der Waals surface area contributed by atoms with E-state index in [4.69, 9.17) is 5.11 Å². The number of aliphatic hydroxyl groups excluding tert-OH is 1. The normalized spacial score (nSPS) is 12.5. The highest BCUT2D eigenvalue weighted by atomic mass is 16.2. The van der Waals surface area contributed by atoms with E-state index in [1.54, 1.807) is 0 Å². The third-order valence-electron chi connectivity index (χ3n) is 1.64. The average Bonchev–Trinajstić information content (AvgIpc) is 2.16. The van der Waals surface area contributed by atoms with Crippen molar-refractivity contribution in [3.63, 3.8) is 0 Å². The van der Waals surface area contributed by atoms with E-state index in [1.807, 2.05) is 6.92 Å². The van der Waals surface area contributed by atoms with Crippen LogP contribution in [0.3, 0.4) is 0 Å². The Morgan fingerprint density at radius 1 is 0.923 bits per heavy atom. The van der Waals surface area contributed by atoms with Crippen molar-refractivity contribution in [2.24, 2.45) is 0 Å². The lowest BCUT2D eigenvalue weighted by molar-refractivity contribution is 0.289. The molecule has 1 heteroatoms. The van der Waals surface area contributed by atoms with Crippen LogP contribution in [-0.2, 0) is 0 Å². The number of hydrogen-bond donors (Lipinski definition) is 1. The molecule has 0 aliphatic carbocycles. The molecule has 0 spiro atoms. The standard InChI is InChI=1S/C12H20O/c1-2-3-4-5-6-7-8-9-10-11-12-13/h2-3,5-6,8-9,13H,4,7,10-12H2,1H3/b3-2+,6-5+,9-8+. The first-order chi connectivity index (χ1) is 6.41. The van der Waals surface area contributed by atoms with Crippen molar-refractivity contribution in [3.8, 4) is 0 Å². The van der Waals surface area contributed by atoms with Crippen molar-refractivity contribution in [3.05, 3.63) is 36.5 Å². The summed E-state index contributed by atoms with van der Waals surface area (Å²) >= 11 is 0. The topological polar surface area (TPSA) is 20.2 Å². The fourth-order valence-corrected chi connectivity index (χ4v) is 0.909. The first-order valence-corrected chi connectivity index (χ1v) is 4.93. The zero-order chi connectivity index (χ0) is 9.78. The Balaban J connectivity index is 3.22. The van der Waals surface area contributed by atoms with Gasteiger partial charge in [-0.05, 0) is 32.6 Å². The van der Waals surface area contributed by atoms with Gasteiger partial charge in [0.25, 0.3) is 0 Å². The summed E-state index contributed by atoms with van der Waals surface area (Å²) < 4.78 is 0. The zero-order valence-electron chi connectivity index (χ0n) is 8.45. The van der Waals surface area contributed by atoms with Gasteiger partial charge >= 0.3 is 0 Å². The lowest BCUT2D eigenvalue weighted by Crippen LogP contribution is -1.77. The van der Waals surface area contributed by atoms with Gasteiger partial charge in [-0.1, -0.05) is 36.5 Å². The van der Waals surface area contributed by atoms with Gasteiger partial charge in [-0.2, -0.15) is 0 Å². The van der Waals surface area contributed by atoms with E-state index in [0.717, 1.165) is 25.7 Å². The van der Waals surface area contributed by atoms with Crippen LogP contribution in [0.4, 0.5) is 0 Å². The van der Waals surface area contributed by atoms with E-state index in [-0.39, 0.29) is 0 Å². The molecule has 0 aromatic rings. The summed E-state index contributed by atoms with van der Waals surface area (Å²) in [5.74, 6) is 0. The molecule has 0 heterocycles. The molecule has 0 amide bonds. The molecular weight excluding hydrogens is 160 g/mol. The lowest BCUT2D eigenvalue weighted by Gasteiger charge is -1.87. The molecule has 0 atom stereocenters. The van der Waals surface area contributed by atoms with Crippen LogP contribution in [0.5, 0.6) is 0 Å². The van der Waals surface area contributed by atoms with Gasteiger partial charge in [0, 0.05) is 6.61 Å². The highest BCUT2D eigenvalue weighted by molar-refractivity contribution is 4.96. The fourth-order valence-electron chi connectivity index (χ4n) is 0.909. The second-order valence-corrected chi connectivity index (χ2v) is 2.85. The second-order valence-electron chi connectivity index (χ2n) is 2.85. The summed E-state index contributed by atoms with van der Waals surface area (Å²) in [6, 6.07) is 0. The maximum Gasteiger partial charge on any atom is 0.0433 e. The third kappa shape index (κ3) is 11.2. The molecule has 0 bridgehead atoms. The molecule has 0 saturated carbocycles. The van der Waals surface area contributed by atoms with Gasteiger partial charge in [-0.25, -0.2) is 0 Å². The van der Waals surface area contributed by atoms with Crippen LogP contribution in [0, 0.1) is 0 Å². The Kier molecular flexibility index (Phi) is 10.5. The highest BCUT2D eigenvalue weighted by Gasteiger charge is 1.77. The third-order valence-corrected chi connectivity index (χ3v) is 1.64. The predicted octanol–water partition coefficient (Wildman–Crippen LogP) is 3.23. The number of aliphatic hydroxyl groups is 1. The number of rotatable bonds is 7. The molecule has 0 rings (SSSR count). The molecule has 1 nitrogen and oxygen atoms in total. The van der Waals surface area contributed by atoms with Crippen LogP contribution in [0.1, 0.15) is 32.6 Å². The minimum absolute atomic E-state index is 0.293. The SMILES string of the molecule is C/C=C/C/C=C/C/C=C/CCCO. The Hall–Kier alpha value is -0.820. The van der Waals surface area contributed by atoms with E-state index in [1.165, 1.54) is 0 Å². The number of allylic oxidation sites excluding steroid dienone is 6. The molecule has 0 aliphatic rings. The molecule has 1 N–H and O–H groups in total. The van der Waals surface area contributed by atoms with Gasteiger partial charge in [0.15, 0.2) is 0 Å². The first-order valence-electron chi connectivity index (χ1n) is 4.93. The van der Waals surface area contributed by atoms with E-state index < -0.39 is 0 Å². The van der Waals surface area contributed by atoms with Crippen molar-refractivity contribution >= 4 is 0 Å². The molecule has 0 fully saturated rings. The Bertz CT molecular complexity index is 166. The molecule has 0 radical (unpaired) electrons. The largest absolute Gasteiger partial charge is 0.396 e. The van der Waals surface area contributed by atoms with Crippen molar-refractivity contribution < 1.29 is 5.11 Å². The van der Waals surface area contributed by atoms with Crippen LogP contribution in [0.25, 0.3) is 0 Å². The molecule has 0 aliphatic heterocycles. The first kappa shape index (κ1) is 12.2. The number of unbranched alkanes of at least 4 members (excludes halogenated alkanes) is 1. The minimum atomic E-state index is 0.293. The van der Waals surface area contributed by atoms with Gasteiger partial charge in [0.05, 0.1) is 0 Å². The summed E-state index contributed by atoms with van der Waals surface area (Å²) in [5.41, 5.74) is 0. The summed E-state index contributed by atoms with van der Waals surface area (Å²) in [6.07, 6.45) is 16.7. The van der Waals surface area contributed by atoms with Crippen molar-refractivity contribution in [1.82, 2.24) is 0 Å². The van der Waals surface area contributed by atoms with E-state index in [2.05, 4.69) is 36.5 Å². The van der Waals surface area contributed by atoms with E-state index in [9.17, 15) is 0 Å².